The molecule has 2 aromatic rings. The minimum absolute atomic E-state index is 0.0566. The van der Waals surface area contributed by atoms with Crippen molar-refractivity contribution in [3.05, 3.63) is 47.8 Å². The number of ether oxygens (including phenoxy) is 2. The van der Waals surface area contributed by atoms with E-state index in [2.05, 4.69) is 9.97 Å². The highest BCUT2D eigenvalue weighted by atomic mass is 19.4. The molecule has 0 aromatic carbocycles. The van der Waals surface area contributed by atoms with E-state index < -0.39 is 17.6 Å². The lowest BCUT2D eigenvalue weighted by atomic mass is 9.97. The molecule has 2 aromatic heterocycles. The predicted molar refractivity (Wildman–Crippen MR) is 94.2 cm³/mol. The van der Waals surface area contributed by atoms with Crippen LogP contribution in [0.15, 0.2) is 36.7 Å². The number of aromatic nitrogens is 2. The van der Waals surface area contributed by atoms with Gasteiger partial charge >= 0.3 is 6.18 Å². The fourth-order valence-electron chi connectivity index (χ4n) is 3.03. The Morgan fingerprint density at radius 1 is 1.21 bits per heavy atom. The van der Waals surface area contributed by atoms with Gasteiger partial charge in [-0.05, 0) is 37.0 Å². The first-order valence-electron chi connectivity index (χ1n) is 8.83. The number of nitrogens with zero attached hydrogens (tertiary/aromatic N) is 3. The van der Waals surface area contributed by atoms with Gasteiger partial charge < -0.3 is 14.4 Å². The van der Waals surface area contributed by atoms with Crippen molar-refractivity contribution >= 4 is 5.91 Å². The number of carbonyl (C=O) groups is 1. The first-order valence-corrected chi connectivity index (χ1v) is 8.83. The number of pyridine rings is 2. The Kier molecular flexibility index (Phi) is 6.01. The van der Waals surface area contributed by atoms with Crippen LogP contribution in [0.3, 0.4) is 0 Å². The molecule has 3 rings (SSSR count). The molecule has 28 heavy (non-hydrogen) atoms. The van der Waals surface area contributed by atoms with Crippen molar-refractivity contribution in [2.24, 2.45) is 5.92 Å². The van der Waals surface area contributed by atoms with Crippen LogP contribution in [0, 0.1) is 5.92 Å². The van der Waals surface area contributed by atoms with Crippen molar-refractivity contribution in [2.45, 2.75) is 19.0 Å². The van der Waals surface area contributed by atoms with Gasteiger partial charge in [-0.3, -0.25) is 4.79 Å². The van der Waals surface area contributed by atoms with E-state index >= 15 is 0 Å². The van der Waals surface area contributed by atoms with Gasteiger partial charge in [-0.2, -0.15) is 13.2 Å². The summed E-state index contributed by atoms with van der Waals surface area (Å²) in [6.45, 7) is 1.15. The highest BCUT2D eigenvalue weighted by Gasteiger charge is 2.35. The normalized spacial score (nSPS) is 15.4. The second-order valence-corrected chi connectivity index (χ2v) is 6.49. The van der Waals surface area contributed by atoms with E-state index in [4.69, 9.17) is 9.47 Å². The predicted octanol–water partition coefficient (Wildman–Crippen LogP) is 3.44. The highest BCUT2D eigenvalue weighted by Crippen LogP contribution is 2.35. The standard InChI is InChI=1S/C19H20F3N3O3/c1-27-16-5-4-14(11-24-16)18(26)25-9-6-13(7-10-25)12-28-17-15(19(20,21)22)3-2-8-23-17/h2-5,8,11,13H,6-7,9-10,12H2,1H3. The number of halogens is 3. The van der Waals surface area contributed by atoms with Crippen LogP contribution in [0.1, 0.15) is 28.8 Å². The monoisotopic (exact) mass is 395 g/mol. The maximum atomic E-state index is 13.0. The molecule has 1 aliphatic rings. The molecule has 0 atom stereocenters. The number of amides is 1. The Morgan fingerprint density at radius 2 is 1.96 bits per heavy atom. The molecular formula is C19H20F3N3O3. The molecule has 0 bridgehead atoms. The lowest BCUT2D eigenvalue weighted by Gasteiger charge is -2.32. The lowest BCUT2D eigenvalue weighted by Crippen LogP contribution is -2.39. The molecule has 0 saturated carbocycles. The summed E-state index contributed by atoms with van der Waals surface area (Å²) in [6.07, 6.45) is -0.483. The van der Waals surface area contributed by atoms with Crippen LogP contribution < -0.4 is 9.47 Å². The van der Waals surface area contributed by atoms with Gasteiger partial charge in [-0.25, -0.2) is 9.97 Å². The SMILES string of the molecule is COc1ccc(C(=O)N2CCC(COc3ncccc3C(F)(F)F)CC2)cn1. The first kappa shape index (κ1) is 19.9. The maximum Gasteiger partial charge on any atom is 0.421 e. The molecule has 0 radical (unpaired) electrons. The molecule has 0 unspecified atom stereocenters. The van der Waals surface area contributed by atoms with Crippen molar-refractivity contribution < 1.29 is 27.4 Å². The van der Waals surface area contributed by atoms with E-state index in [9.17, 15) is 18.0 Å². The van der Waals surface area contributed by atoms with Gasteiger partial charge in [-0.15, -0.1) is 0 Å². The van der Waals surface area contributed by atoms with Crippen LogP contribution in [0.25, 0.3) is 0 Å². The van der Waals surface area contributed by atoms with Crippen molar-refractivity contribution in [2.75, 3.05) is 26.8 Å². The Balaban J connectivity index is 1.53. The number of hydrogen-bond acceptors (Lipinski definition) is 5. The number of carbonyl (C=O) groups excluding carboxylic acids is 1. The third-order valence-electron chi connectivity index (χ3n) is 4.63. The molecular weight excluding hydrogens is 375 g/mol. The summed E-state index contributed by atoms with van der Waals surface area (Å²) < 4.78 is 49.3. The Morgan fingerprint density at radius 3 is 2.57 bits per heavy atom. The number of methoxy groups -OCH3 is 1. The molecule has 1 fully saturated rings. The summed E-state index contributed by atoms with van der Waals surface area (Å²) in [4.78, 5) is 22.0. The zero-order valence-corrected chi connectivity index (χ0v) is 15.3. The fourth-order valence-corrected chi connectivity index (χ4v) is 3.03. The molecule has 1 saturated heterocycles. The number of hydrogen-bond donors (Lipinski definition) is 0. The third kappa shape index (κ3) is 4.71. The topological polar surface area (TPSA) is 64.5 Å². The smallest absolute Gasteiger partial charge is 0.421 e. The van der Waals surface area contributed by atoms with Gasteiger partial charge in [0, 0.05) is 31.5 Å². The summed E-state index contributed by atoms with van der Waals surface area (Å²) in [5.41, 5.74) is -0.409. The lowest BCUT2D eigenvalue weighted by molar-refractivity contribution is -0.139. The van der Waals surface area contributed by atoms with Crippen molar-refractivity contribution in [1.82, 2.24) is 14.9 Å². The van der Waals surface area contributed by atoms with Crippen LogP contribution in [0.2, 0.25) is 0 Å². The summed E-state index contributed by atoms with van der Waals surface area (Å²) in [6, 6.07) is 5.46. The molecule has 1 amide bonds. The van der Waals surface area contributed by atoms with Gasteiger partial charge in [0.2, 0.25) is 11.8 Å². The Hall–Kier alpha value is -2.84. The third-order valence-corrected chi connectivity index (χ3v) is 4.63. The largest absolute Gasteiger partial charge is 0.481 e. The Bertz CT molecular complexity index is 804. The fraction of sp³-hybridized carbons (Fsp3) is 0.421. The van der Waals surface area contributed by atoms with E-state index in [1.165, 1.54) is 25.6 Å². The summed E-state index contributed by atoms with van der Waals surface area (Å²) in [5.74, 6) is -0.0438. The number of likely N-dealkylation sites (tertiary alicyclic amines) is 1. The minimum Gasteiger partial charge on any atom is -0.481 e. The van der Waals surface area contributed by atoms with E-state index in [1.54, 1.807) is 17.0 Å². The van der Waals surface area contributed by atoms with Gasteiger partial charge in [0.25, 0.3) is 5.91 Å². The first-order chi connectivity index (χ1) is 13.4. The molecule has 3 heterocycles. The quantitative estimate of drug-likeness (QED) is 0.776. The molecule has 9 heteroatoms. The van der Waals surface area contributed by atoms with E-state index in [0.29, 0.717) is 37.4 Å². The highest BCUT2D eigenvalue weighted by molar-refractivity contribution is 5.94. The number of piperidine rings is 1. The van der Waals surface area contributed by atoms with Crippen molar-refractivity contribution in [3.8, 4) is 11.8 Å². The second-order valence-electron chi connectivity index (χ2n) is 6.49. The van der Waals surface area contributed by atoms with E-state index in [1.807, 2.05) is 0 Å². The zero-order valence-electron chi connectivity index (χ0n) is 15.3. The van der Waals surface area contributed by atoms with E-state index in [0.717, 1.165) is 6.07 Å². The van der Waals surface area contributed by atoms with Gasteiger partial charge in [0.15, 0.2) is 0 Å². The number of rotatable bonds is 5. The van der Waals surface area contributed by atoms with Crippen LogP contribution in [0.4, 0.5) is 13.2 Å². The van der Waals surface area contributed by atoms with E-state index in [-0.39, 0.29) is 18.4 Å². The van der Waals surface area contributed by atoms with Gasteiger partial charge in [0.05, 0.1) is 19.3 Å². The maximum absolute atomic E-state index is 13.0. The molecule has 150 valence electrons. The molecule has 0 spiro atoms. The average molecular weight is 395 g/mol. The molecule has 0 aliphatic carbocycles. The van der Waals surface area contributed by atoms with Crippen LogP contribution in [-0.2, 0) is 6.18 Å². The van der Waals surface area contributed by atoms with Crippen molar-refractivity contribution in [3.63, 3.8) is 0 Å². The molecule has 6 nitrogen and oxygen atoms in total. The molecule has 1 aliphatic heterocycles. The second kappa shape index (κ2) is 8.45. The van der Waals surface area contributed by atoms with Crippen LogP contribution in [-0.4, -0.2) is 47.6 Å². The van der Waals surface area contributed by atoms with Crippen LogP contribution >= 0.6 is 0 Å². The summed E-state index contributed by atoms with van der Waals surface area (Å²) in [7, 11) is 1.50. The van der Waals surface area contributed by atoms with Crippen LogP contribution in [0.5, 0.6) is 11.8 Å². The van der Waals surface area contributed by atoms with Crippen molar-refractivity contribution in [1.29, 1.82) is 0 Å². The summed E-state index contributed by atoms with van der Waals surface area (Å²) >= 11 is 0. The number of alkyl halides is 3. The van der Waals surface area contributed by atoms with Gasteiger partial charge in [-0.1, -0.05) is 0 Å². The average Bonchev–Trinajstić information content (AvgIpc) is 2.72. The molecule has 0 N–H and O–H groups in total. The summed E-state index contributed by atoms with van der Waals surface area (Å²) in [5, 5.41) is 0. The minimum atomic E-state index is -4.51. The van der Waals surface area contributed by atoms with Gasteiger partial charge in [0.1, 0.15) is 5.56 Å². The Labute approximate surface area is 160 Å². The zero-order chi connectivity index (χ0) is 20.1.